The number of hydrogen-bond acceptors (Lipinski definition) is 2. The van der Waals surface area contributed by atoms with Gasteiger partial charge in [0.2, 0.25) is 0 Å². The Kier molecular flexibility index (Phi) is 7.96. The van der Waals surface area contributed by atoms with E-state index in [1.165, 1.54) is 76.8 Å². The lowest BCUT2D eigenvalue weighted by Crippen LogP contribution is -2.24. The Bertz CT molecular complexity index is 3300. The molecule has 0 bridgehead atoms. The minimum absolute atomic E-state index is 0.245. The maximum absolute atomic E-state index is 6.96. The molecule has 0 radical (unpaired) electrons. The van der Waals surface area contributed by atoms with Gasteiger partial charge in [0.1, 0.15) is 23.0 Å². The first-order valence-electron chi connectivity index (χ1n) is 21.7. The molecule has 0 atom stereocenters. The molecule has 0 amide bonds. The summed E-state index contributed by atoms with van der Waals surface area (Å²) < 4.78 is 13.9. The summed E-state index contributed by atoms with van der Waals surface area (Å²) in [4.78, 5) is 0. The number of benzene rings is 10. The van der Waals surface area contributed by atoms with Crippen LogP contribution in [0.2, 0.25) is 0 Å². The van der Waals surface area contributed by atoms with Gasteiger partial charge in [-0.15, -0.1) is 0 Å². The SMILES string of the molecule is CC1(C)c2ccccc2Oc2c(-c3cccc4c(-c5cc(-c6ccccc6)cc6ccccc56)c5cccc(-c6cccc7c6Oc6ccccc6C7(C)C)c5cc34)cccc21. The van der Waals surface area contributed by atoms with Crippen LogP contribution >= 0.6 is 0 Å². The largest absolute Gasteiger partial charge is 0.456 e. The fraction of sp³-hybridized carbons (Fsp3) is 0.100. The summed E-state index contributed by atoms with van der Waals surface area (Å²) in [5, 5.41) is 7.14. The van der Waals surface area contributed by atoms with Crippen molar-refractivity contribution in [1.29, 1.82) is 0 Å². The van der Waals surface area contributed by atoms with Gasteiger partial charge in [-0.25, -0.2) is 0 Å². The van der Waals surface area contributed by atoms with E-state index in [0.717, 1.165) is 45.3 Å². The lowest BCUT2D eigenvalue weighted by atomic mass is 9.74. The third-order valence-electron chi connectivity index (χ3n) is 13.8. The van der Waals surface area contributed by atoms with E-state index in [2.05, 4.69) is 222 Å². The highest BCUT2D eigenvalue weighted by atomic mass is 16.5. The number of fused-ring (bicyclic) bond motifs is 7. The second-order valence-electron chi connectivity index (χ2n) is 18.0. The van der Waals surface area contributed by atoms with Gasteiger partial charge in [0.15, 0.2) is 0 Å². The van der Waals surface area contributed by atoms with Crippen LogP contribution in [0.25, 0.3) is 76.8 Å². The molecule has 2 aliphatic rings. The van der Waals surface area contributed by atoms with Crippen molar-refractivity contribution >= 4 is 32.3 Å². The predicted molar refractivity (Wildman–Crippen MR) is 258 cm³/mol. The molecule has 0 aromatic heterocycles. The molecule has 2 heterocycles. The predicted octanol–water partition coefficient (Wildman–Crippen LogP) is 16.7. The van der Waals surface area contributed by atoms with E-state index in [1.807, 2.05) is 0 Å². The first-order chi connectivity index (χ1) is 30.3. The zero-order valence-corrected chi connectivity index (χ0v) is 35.3. The van der Waals surface area contributed by atoms with Gasteiger partial charge in [0, 0.05) is 44.2 Å². The summed E-state index contributed by atoms with van der Waals surface area (Å²) in [6.45, 7) is 9.24. The second kappa shape index (κ2) is 13.5. The maximum atomic E-state index is 6.96. The Morgan fingerprint density at radius 2 is 0.758 bits per heavy atom. The van der Waals surface area contributed by atoms with Crippen LogP contribution in [-0.4, -0.2) is 0 Å². The Morgan fingerprint density at radius 1 is 0.306 bits per heavy atom. The van der Waals surface area contributed by atoms with Crippen LogP contribution < -0.4 is 9.47 Å². The molecule has 0 spiro atoms. The number of ether oxygens (including phenoxy) is 2. The molecule has 0 aliphatic carbocycles. The van der Waals surface area contributed by atoms with Crippen LogP contribution in [0.3, 0.4) is 0 Å². The maximum Gasteiger partial charge on any atom is 0.139 e. The number of rotatable bonds is 4. The van der Waals surface area contributed by atoms with Gasteiger partial charge in [-0.1, -0.05) is 191 Å². The molecule has 2 nitrogen and oxygen atoms in total. The number of hydrogen-bond donors (Lipinski definition) is 0. The van der Waals surface area contributed by atoms with Crippen LogP contribution in [0, 0.1) is 0 Å². The lowest BCUT2D eigenvalue weighted by Gasteiger charge is -2.35. The van der Waals surface area contributed by atoms with Crippen LogP contribution in [0.4, 0.5) is 0 Å². The Morgan fingerprint density at radius 3 is 1.34 bits per heavy atom. The van der Waals surface area contributed by atoms with Gasteiger partial charge in [-0.3, -0.25) is 0 Å². The van der Waals surface area contributed by atoms with E-state index >= 15 is 0 Å². The van der Waals surface area contributed by atoms with E-state index in [1.54, 1.807) is 0 Å². The van der Waals surface area contributed by atoms with E-state index in [-0.39, 0.29) is 10.8 Å². The van der Waals surface area contributed by atoms with Crippen molar-refractivity contribution in [2.45, 2.75) is 38.5 Å². The highest BCUT2D eigenvalue weighted by Crippen LogP contribution is 2.55. The average Bonchev–Trinajstić information content (AvgIpc) is 3.30. The first kappa shape index (κ1) is 36.4. The summed E-state index contributed by atoms with van der Waals surface area (Å²) in [6, 6.07) is 70.7. The normalized spacial score (nSPS) is 14.3. The van der Waals surface area contributed by atoms with Crippen LogP contribution in [-0.2, 0) is 10.8 Å². The quantitative estimate of drug-likeness (QED) is 0.165. The Hall–Kier alpha value is -7.42. The third kappa shape index (κ3) is 5.36. The van der Waals surface area contributed by atoms with E-state index in [9.17, 15) is 0 Å². The summed E-state index contributed by atoms with van der Waals surface area (Å²) in [5.41, 5.74) is 13.5. The standard InChI is InChI=1S/C60H44O2/c1-59(2)50-28-10-12-32-54(50)61-57-45(26-16-30-52(57)59)41-22-14-24-43-47(41)36-48-42(46-27-17-31-53-58(46)62-55-33-13-11-29-51(55)60(53,3)4)23-15-25-44(48)56(43)49-35-39(37-18-6-5-7-19-37)34-38-20-8-9-21-40(38)49/h5-36H,1-4H3. The summed E-state index contributed by atoms with van der Waals surface area (Å²) in [6.07, 6.45) is 0. The van der Waals surface area contributed by atoms with Crippen LogP contribution in [0.5, 0.6) is 23.0 Å². The Balaban J connectivity index is 1.20. The summed E-state index contributed by atoms with van der Waals surface area (Å²) >= 11 is 0. The summed E-state index contributed by atoms with van der Waals surface area (Å²) in [5.74, 6) is 3.66. The highest BCUT2D eigenvalue weighted by molar-refractivity contribution is 6.22. The molecule has 2 heteroatoms. The van der Waals surface area contributed by atoms with Crippen molar-refractivity contribution in [2.75, 3.05) is 0 Å². The van der Waals surface area contributed by atoms with E-state index in [0.29, 0.717) is 0 Å². The molecule has 0 fully saturated rings. The van der Waals surface area contributed by atoms with E-state index in [4.69, 9.17) is 9.47 Å². The molecule has 62 heavy (non-hydrogen) atoms. The highest BCUT2D eigenvalue weighted by Gasteiger charge is 2.37. The monoisotopic (exact) mass is 796 g/mol. The van der Waals surface area contributed by atoms with Gasteiger partial charge in [-0.2, -0.15) is 0 Å². The molecule has 0 saturated heterocycles. The third-order valence-corrected chi connectivity index (χ3v) is 13.8. The van der Waals surface area contributed by atoms with Gasteiger partial charge in [-0.05, 0) is 96.0 Å². The van der Waals surface area contributed by atoms with Crippen molar-refractivity contribution in [3.05, 3.63) is 216 Å². The average molecular weight is 797 g/mol. The van der Waals surface area contributed by atoms with Gasteiger partial charge in [0.25, 0.3) is 0 Å². The van der Waals surface area contributed by atoms with Crippen molar-refractivity contribution in [1.82, 2.24) is 0 Å². The minimum atomic E-state index is -0.245. The Labute approximate surface area is 362 Å². The van der Waals surface area contributed by atoms with Crippen LogP contribution in [0.15, 0.2) is 194 Å². The van der Waals surface area contributed by atoms with Crippen LogP contribution in [0.1, 0.15) is 49.9 Å². The first-order valence-corrected chi connectivity index (χ1v) is 21.7. The molecular weight excluding hydrogens is 753 g/mol. The van der Waals surface area contributed by atoms with Crippen molar-refractivity contribution in [3.63, 3.8) is 0 Å². The zero-order valence-electron chi connectivity index (χ0n) is 35.3. The van der Waals surface area contributed by atoms with Crippen molar-refractivity contribution in [3.8, 4) is 67.5 Å². The van der Waals surface area contributed by atoms with Gasteiger partial charge >= 0.3 is 0 Å². The molecule has 2 aliphatic heterocycles. The van der Waals surface area contributed by atoms with Crippen molar-refractivity contribution < 1.29 is 9.47 Å². The smallest absolute Gasteiger partial charge is 0.139 e. The summed E-state index contributed by atoms with van der Waals surface area (Å²) in [7, 11) is 0. The molecular formula is C60H44O2. The number of para-hydroxylation sites is 4. The molecule has 0 N–H and O–H groups in total. The molecule has 0 unspecified atom stereocenters. The molecule has 10 aromatic carbocycles. The fourth-order valence-corrected chi connectivity index (χ4v) is 10.6. The molecule has 10 aromatic rings. The zero-order chi connectivity index (χ0) is 41.7. The minimum Gasteiger partial charge on any atom is -0.456 e. The molecule has 0 saturated carbocycles. The second-order valence-corrected chi connectivity index (χ2v) is 18.0. The van der Waals surface area contributed by atoms with E-state index < -0.39 is 0 Å². The lowest BCUT2D eigenvalue weighted by molar-refractivity contribution is 0.419. The topological polar surface area (TPSA) is 18.5 Å². The van der Waals surface area contributed by atoms with Gasteiger partial charge in [0.05, 0.1) is 0 Å². The fourth-order valence-electron chi connectivity index (χ4n) is 10.6. The molecule has 296 valence electrons. The van der Waals surface area contributed by atoms with Gasteiger partial charge < -0.3 is 9.47 Å². The molecule has 12 rings (SSSR count). The van der Waals surface area contributed by atoms with Crippen molar-refractivity contribution in [2.24, 2.45) is 0 Å².